The van der Waals surface area contributed by atoms with E-state index in [4.69, 9.17) is 0 Å². The zero-order chi connectivity index (χ0) is 20.4. The number of anilines is 2. The van der Waals surface area contributed by atoms with Gasteiger partial charge in [-0.2, -0.15) is 18.2 Å². The number of benzene rings is 2. The van der Waals surface area contributed by atoms with Crippen LogP contribution in [0.3, 0.4) is 0 Å². The van der Waals surface area contributed by atoms with Gasteiger partial charge in [-0.15, -0.1) is 0 Å². The van der Waals surface area contributed by atoms with Gasteiger partial charge in [0.15, 0.2) is 0 Å². The molecule has 1 aliphatic heterocycles. The van der Waals surface area contributed by atoms with Gasteiger partial charge in [0.25, 0.3) is 0 Å². The van der Waals surface area contributed by atoms with Crippen molar-refractivity contribution in [3.63, 3.8) is 0 Å². The average Bonchev–Trinajstić information content (AvgIpc) is 2.71. The van der Waals surface area contributed by atoms with Crippen LogP contribution in [0.1, 0.15) is 27.9 Å². The Morgan fingerprint density at radius 2 is 1.79 bits per heavy atom. The molecule has 0 bridgehead atoms. The van der Waals surface area contributed by atoms with Gasteiger partial charge < -0.3 is 10.2 Å². The summed E-state index contributed by atoms with van der Waals surface area (Å²) in [7, 11) is 0. The van der Waals surface area contributed by atoms with Gasteiger partial charge in [0.1, 0.15) is 5.82 Å². The van der Waals surface area contributed by atoms with Crippen LogP contribution in [0.4, 0.5) is 24.9 Å². The zero-order valence-corrected chi connectivity index (χ0v) is 16.0. The Bertz CT molecular complexity index is 1020. The van der Waals surface area contributed by atoms with Crippen LogP contribution in [0.5, 0.6) is 0 Å². The monoisotopic (exact) mass is 398 g/mol. The molecule has 0 unspecified atom stereocenters. The minimum absolute atomic E-state index is 0.253. The van der Waals surface area contributed by atoms with E-state index in [1.165, 1.54) is 17.2 Å². The molecule has 150 valence electrons. The largest absolute Gasteiger partial charge is 0.416 e. The van der Waals surface area contributed by atoms with Gasteiger partial charge in [0.05, 0.1) is 5.56 Å². The van der Waals surface area contributed by atoms with Crippen LogP contribution < -0.4 is 10.2 Å². The molecular formula is C22H21F3N4. The van der Waals surface area contributed by atoms with E-state index in [2.05, 4.69) is 32.3 Å². The fraction of sp³-hybridized carbons (Fsp3) is 0.273. The molecule has 2 heterocycles. The van der Waals surface area contributed by atoms with Crippen molar-refractivity contribution in [1.29, 1.82) is 0 Å². The van der Waals surface area contributed by atoms with Crippen molar-refractivity contribution in [2.45, 2.75) is 32.6 Å². The summed E-state index contributed by atoms with van der Waals surface area (Å²) in [5.41, 5.74) is 3.31. The van der Waals surface area contributed by atoms with E-state index in [1.807, 2.05) is 19.1 Å². The van der Waals surface area contributed by atoms with Gasteiger partial charge in [0.2, 0.25) is 5.95 Å². The molecule has 0 saturated heterocycles. The van der Waals surface area contributed by atoms with Crippen LogP contribution >= 0.6 is 0 Å². The average molecular weight is 398 g/mol. The molecule has 0 radical (unpaired) electrons. The van der Waals surface area contributed by atoms with Crippen LogP contribution in [-0.4, -0.2) is 16.5 Å². The highest BCUT2D eigenvalue weighted by atomic mass is 19.4. The molecule has 4 nitrogen and oxygen atoms in total. The first-order valence-electron chi connectivity index (χ1n) is 9.46. The van der Waals surface area contributed by atoms with E-state index in [0.717, 1.165) is 37.3 Å². The summed E-state index contributed by atoms with van der Waals surface area (Å²) >= 11 is 0. The second-order valence-electron chi connectivity index (χ2n) is 7.19. The lowest BCUT2D eigenvalue weighted by molar-refractivity contribution is -0.137. The maximum atomic E-state index is 12.9. The van der Waals surface area contributed by atoms with Crippen molar-refractivity contribution in [3.8, 4) is 0 Å². The van der Waals surface area contributed by atoms with E-state index in [1.54, 1.807) is 12.1 Å². The predicted octanol–water partition coefficient (Wildman–Crippen LogP) is 4.98. The van der Waals surface area contributed by atoms with E-state index in [-0.39, 0.29) is 6.54 Å². The molecule has 29 heavy (non-hydrogen) atoms. The number of hydrogen-bond donors (Lipinski definition) is 1. The fourth-order valence-corrected chi connectivity index (χ4v) is 3.50. The Kier molecular flexibility index (Phi) is 5.13. The van der Waals surface area contributed by atoms with Crippen LogP contribution in [0, 0.1) is 6.92 Å². The quantitative estimate of drug-likeness (QED) is 0.673. The minimum Gasteiger partial charge on any atom is -0.366 e. The Hall–Kier alpha value is -3.09. The molecule has 0 aliphatic carbocycles. The first kappa shape index (κ1) is 19.2. The molecule has 1 aromatic heterocycles. The first-order valence-corrected chi connectivity index (χ1v) is 9.46. The minimum atomic E-state index is -4.35. The van der Waals surface area contributed by atoms with E-state index in [9.17, 15) is 13.2 Å². The van der Waals surface area contributed by atoms with Crippen molar-refractivity contribution in [1.82, 2.24) is 9.97 Å². The maximum absolute atomic E-state index is 12.9. The summed E-state index contributed by atoms with van der Waals surface area (Å²) in [4.78, 5) is 11.3. The lowest BCUT2D eigenvalue weighted by atomic mass is 10.0. The molecule has 3 aromatic rings. The number of fused-ring (bicyclic) bond motifs is 1. The summed E-state index contributed by atoms with van der Waals surface area (Å²) in [5, 5.41) is 3.13. The summed E-state index contributed by atoms with van der Waals surface area (Å²) in [6, 6.07) is 15.5. The van der Waals surface area contributed by atoms with E-state index in [0.29, 0.717) is 17.3 Å². The van der Waals surface area contributed by atoms with Crippen molar-refractivity contribution in [3.05, 3.63) is 82.5 Å². The van der Waals surface area contributed by atoms with Gasteiger partial charge in [-0.1, -0.05) is 36.4 Å². The lowest BCUT2D eigenvalue weighted by Gasteiger charge is -2.29. The predicted molar refractivity (Wildman–Crippen MR) is 107 cm³/mol. The molecule has 1 N–H and O–H groups in total. The van der Waals surface area contributed by atoms with Crippen LogP contribution in [0.25, 0.3) is 0 Å². The Morgan fingerprint density at radius 1 is 1.00 bits per heavy atom. The standard InChI is InChI=1S/C22H21F3N4/c1-15-11-20(26-13-16-5-4-8-19(12-16)22(23,24)25)28-21(27-15)29-10-9-17-6-2-3-7-18(17)14-29/h2-8,11-12H,9-10,13-14H2,1H3,(H,26,27,28). The molecule has 0 saturated carbocycles. The van der Waals surface area contributed by atoms with Gasteiger partial charge >= 0.3 is 6.18 Å². The summed E-state index contributed by atoms with van der Waals surface area (Å²) < 4.78 is 38.7. The number of halogens is 3. The molecular weight excluding hydrogens is 377 g/mol. The van der Waals surface area contributed by atoms with Crippen LogP contribution in [-0.2, 0) is 25.7 Å². The number of alkyl halides is 3. The number of nitrogens with one attached hydrogen (secondary N) is 1. The lowest BCUT2D eigenvalue weighted by Crippen LogP contribution is -2.32. The van der Waals surface area contributed by atoms with Crippen molar-refractivity contribution in [2.24, 2.45) is 0 Å². The first-order chi connectivity index (χ1) is 13.9. The highest BCUT2D eigenvalue weighted by Gasteiger charge is 2.30. The van der Waals surface area contributed by atoms with E-state index >= 15 is 0 Å². The topological polar surface area (TPSA) is 41.1 Å². The summed E-state index contributed by atoms with van der Waals surface area (Å²) in [5.74, 6) is 1.23. The van der Waals surface area contributed by atoms with Gasteiger partial charge in [0, 0.05) is 31.4 Å². The fourth-order valence-electron chi connectivity index (χ4n) is 3.50. The number of aromatic nitrogens is 2. The van der Waals surface area contributed by atoms with Crippen molar-refractivity contribution in [2.75, 3.05) is 16.8 Å². The van der Waals surface area contributed by atoms with Gasteiger partial charge in [-0.25, -0.2) is 4.98 Å². The molecule has 0 spiro atoms. The molecule has 0 atom stereocenters. The van der Waals surface area contributed by atoms with Gasteiger partial charge in [-0.05, 0) is 42.2 Å². The van der Waals surface area contributed by atoms with Gasteiger partial charge in [-0.3, -0.25) is 0 Å². The number of rotatable bonds is 4. The second-order valence-corrected chi connectivity index (χ2v) is 7.19. The van der Waals surface area contributed by atoms with Crippen LogP contribution in [0.2, 0.25) is 0 Å². The number of aryl methyl sites for hydroxylation is 1. The molecule has 2 aromatic carbocycles. The smallest absolute Gasteiger partial charge is 0.366 e. The third-order valence-electron chi connectivity index (χ3n) is 4.98. The molecule has 7 heteroatoms. The Balaban J connectivity index is 1.50. The highest BCUT2D eigenvalue weighted by molar-refractivity contribution is 5.46. The normalized spacial score (nSPS) is 13.9. The molecule has 4 rings (SSSR count). The van der Waals surface area contributed by atoms with Crippen LogP contribution in [0.15, 0.2) is 54.6 Å². The summed E-state index contributed by atoms with van der Waals surface area (Å²) in [6.07, 6.45) is -3.42. The maximum Gasteiger partial charge on any atom is 0.416 e. The third kappa shape index (κ3) is 4.50. The number of nitrogens with zero attached hydrogens (tertiary/aromatic N) is 3. The van der Waals surface area contributed by atoms with E-state index < -0.39 is 11.7 Å². The zero-order valence-electron chi connectivity index (χ0n) is 16.0. The highest BCUT2D eigenvalue weighted by Crippen LogP contribution is 2.30. The molecule has 0 fully saturated rings. The van der Waals surface area contributed by atoms with Crippen molar-refractivity contribution >= 4 is 11.8 Å². The molecule has 0 amide bonds. The summed E-state index contributed by atoms with van der Waals surface area (Å²) in [6.45, 7) is 3.71. The van der Waals surface area contributed by atoms with Crippen molar-refractivity contribution < 1.29 is 13.2 Å². The second kappa shape index (κ2) is 7.73. The Morgan fingerprint density at radius 3 is 2.59 bits per heavy atom. The molecule has 1 aliphatic rings. The SMILES string of the molecule is Cc1cc(NCc2cccc(C(F)(F)F)c2)nc(N2CCc3ccccc3C2)n1. The third-order valence-corrected chi connectivity index (χ3v) is 4.98. The Labute approximate surface area is 167 Å². The number of hydrogen-bond acceptors (Lipinski definition) is 4.